The molecule has 0 saturated carbocycles. The molecule has 1 saturated heterocycles. The quantitative estimate of drug-likeness (QED) is 0.633. The van der Waals surface area contributed by atoms with E-state index in [0.29, 0.717) is 35.2 Å². The van der Waals surface area contributed by atoms with Gasteiger partial charge in [-0.25, -0.2) is 8.42 Å². The van der Waals surface area contributed by atoms with Gasteiger partial charge in [-0.1, -0.05) is 23.9 Å². The number of nitrogens with one attached hydrogen (secondary N) is 2. The fourth-order valence-electron chi connectivity index (χ4n) is 3.74. The number of hydrogen-bond acceptors (Lipinski definition) is 8. The average molecular weight is 476 g/mol. The van der Waals surface area contributed by atoms with Crippen LogP contribution in [0, 0.1) is 0 Å². The summed E-state index contributed by atoms with van der Waals surface area (Å²) in [7, 11) is 0.205. The van der Waals surface area contributed by atoms with E-state index in [1.165, 1.54) is 11.8 Å². The predicted molar refractivity (Wildman–Crippen MR) is 127 cm³/mol. The number of aliphatic imine (C=N–C) groups is 1. The lowest BCUT2D eigenvalue weighted by Crippen LogP contribution is -2.25. The third-order valence-electron chi connectivity index (χ3n) is 5.34. The summed E-state index contributed by atoms with van der Waals surface area (Å²) in [4.78, 5) is 17.1. The molecule has 4 rings (SSSR count). The Morgan fingerprint density at radius 3 is 2.69 bits per heavy atom. The van der Waals surface area contributed by atoms with E-state index in [9.17, 15) is 13.2 Å². The van der Waals surface area contributed by atoms with Crippen molar-refractivity contribution in [2.24, 2.45) is 4.99 Å². The van der Waals surface area contributed by atoms with E-state index in [4.69, 9.17) is 9.47 Å². The first kappa shape index (κ1) is 22.5. The summed E-state index contributed by atoms with van der Waals surface area (Å²) in [5.74, 6) is 1.43. The van der Waals surface area contributed by atoms with Gasteiger partial charge in [-0.3, -0.25) is 9.79 Å². The van der Waals surface area contributed by atoms with E-state index in [1.54, 1.807) is 32.4 Å². The number of sulfone groups is 1. The molecule has 2 N–H and O–H groups in total. The standard InChI is InChI=1S/C22H25N3O5S2/c1-29-18-7-6-14(10-19(18)30-2)8-9-23-21(26)15-4-3-5-16(11-15)24-22-25-17-12-32(27,28)13-20(17)31-22/h3-7,10-11,17,20H,8-9,12-13H2,1-2H3,(H,23,26)(H,24,25)/t17-,20+/m0/s1. The number of carbonyl (C=O) groups is 1. The van der Waals surface area contributed by atoms with Crippen LogP contribution in [0.15, 0.2) is 47.5 Å². The van der Waals surface area contributed by atoms with Crippen molar-refractivity contribution in [3.63, 3.8) is 0 Å². The lowest BCUT2D eigenvalue weighted by Gasteiger charge is -2.11. The summed E-state index contributed by atoms with van der Waals surface area (Å²) >= 11 is 1.45. The Hall–Kier alpha value is -2.72. The number of amides is 1. The highest BCUT2D eigenvalue weighted by atomic mass is 32.2. The molecule has 0 spiro atoms. The lowest BCUT2D eigenvalue weighted by atomic mass is 10.1. The fourth-order valence-corrected chi connectivity index (χ4v) is 7.41. The van der Waals surface area contributed by atoms with E-state index in [-0.39, 0.29) is 28.7 Å². The summed E-state index contributed by atoms with van der Waals surface area (Å²) in [6.07, 6.45) is 0.656. The van der Waals surface area contributed by atoms with Gasteiger partial charge in [0.05, 0.1) is 31.8 Å². The molecule has 32 heavy (non-hydrogen) atoms. The lowest BCUT2D eigenvalue weighted by molar-refractivity contribution is 0.0954. The molecular weight excluding hydrogens is 450 g/mol. The van der Waals surface area contributed by atoms with Crippen LogP contribution in [0.3, 0.4) is 0 Å². The second-order valence-corrected chi connectivity index (χ2v) is 11.0. The van der Waals surface area contributed by atoms with Gasteiger partial charge >= 0.3 is 0 Å². The van der Waals surface area contributed by atoms with Crippen LogP contribution in [0.4, 0.5) is 5.69 Å². The summed E-state index contributed by atoms with van der Waals surface area (Å²) in [5, 5.41) is 6.82. The highest BCUT2D eigenvalue weighted by molar-refractivity contribution is 8.15. The third kappa shape index (κ3) is 5.18. The number of rotatable bonds is 7. The van der Waals surface area contributed by atoms with Crippen LogP contribution >= 0.6 is 11.8 Å². The summed E-state index contributed by atoms with van der Waals surface area (Å²) < 4.78 is 34.0. The van der Waals surface area contributed by atoms with Gasteiger partial charge in [0.2, 0.25) is 0 Å². The molecule has 0 aliphatic carbocycles. The minimum atomic E-state index is -2.98. The van der Waals surface area contributed by atoms with Crippen LogP contribution in [0.25, 0.3) is 0 Å². The molecule has 8 nitrogen and oxygen atoms in total. The smallest absolute Gasteiger partial charge is 0.251 e. The van der Waals surface area contributed by atoms with E-state index in [1.807, 2.05) is 24.3 Å². The van der Waals surface area contributed by atoms with Crippen molar-refractivity contribution in [1.29, 1.82) is 0 Å². The van der Waals surface area contributed by atoms with Gasteiger partial charge in [0.1, 0.15) is 0 Å². The van der Waals surface area contributed by atoms with E-state index >= 15 is 0 Å². The Morgan fingerprint density at radius 1 is 1.12 bits per heavy atom. The molecule has 2 aromatic rings. The average Bonchev–Trinajstić information content (AvgIpc) is 3.26. The Balaban J connectivity index is 1.32. The summed E-state index contributed by atoms with van der Waals surface area (Å²) in [6, 6.07) is 12.7. The summed E-state index contributed by atoms with van der Waals surface area (Å²) in [5.41, 5.74) is 2.31. The molecule has 2 aliphatic rings. The molecule has 2 aliphatic heterocycles. The predicted octanol–water partition coefficient (Wildman–Crippen LogP) is 2.36. The van der Waals surface area contributed by atoms with Crippen LogP contribution in [-0.4, -0.2) is 63.1 Å². The van der Waals surface area contributed by atoms with Crippen LogP contribution in [-0.2, 0) is 16.3 Å². The zero-order valence-corrected chi connectivity index (χ0v) is 19.5. The minimum absolute atomic E-state index is 0.0226. The van der Waals surface area contributed by atoms with E-state index in [2.05, 4.69) is 15.6 Å². The van der Waals surface area contributed by atoms with Crippen LogP contribution in [0.2, 0.25) is 0 Å². The van der Waals surface area contributed by atoms with Crippen molar-refractivity contribution in [2.75, 3.05) is 37.6 Å². The third-order valence-corrected chi connectivity index (χ3v) is 8.48. The number of anilines is 1. The Bertz CT molecular complexity index is 1150. The molecule has 2 atom stereocenters. The summed E-state index contributed by atoms with van der Waals surface area (Å²) in [6.45, 7) is 0.479. The largest absolute Gasteiger partial charge is 0.493 e. The fraction of sp³-hybridized carbons (Fsp3) is 0.364. The Morgan fingerprint density at radius 2 is 1.94 bits per heavy atom. The van der Waals surface area contributed by atoms with E-state index < -0.39 is 9.84 Å². The van der Waals surface area contributed by atoms with Crippen LogP contribution in [0.1, 0.15) is 15.9 Å². The first-order valence-corrected chi connectivity index (χ1v) is 12.9. The van der Waals surface area contributed by atoms with Gasteiger partial charge in [-0.2, -0.15) is 0 Å². The highest BCUT2D eigenvalue weighted by Gasteiger charge is 2.42. The Labute approximate surface area is 191 Å². The highest BCUT2D eigenvalue weighted by Crippen LogP contribution is 2.34. The number of nitrogens with zero attached hydrogens (tertiary/aromatic N) is 1. The van der Waals surface area contributed by atoms with Crippen LogP contribution in [0.5, 0.6) is 11.5 Å². The molecule has 2 heterocycles. The molecule has 0 aromatic heterocycles. The zero-order chi connectivity index (χ0) is 22.7. The first-order valence-electron chi connectivity index (χ1n) is 10.2. The molecule has 1 amide bonds. The zero-order valence-electron chi connectivity index (χ0n) is 17.8. The minimum Gasteiger partial charge on any atom is -0.493 e. The van der Waals surface area contributed by atoms with Gasteiger partial charge in [-0.15, -0.1) is 0 Å². The first-order chi connectivity index (χ1) is 15.4. The molecule has 0 unspecified atom stereocenters. The number of carbonyl (C=O) groups excluding carboxylic acids is 1. The Kier molecular flexibility index (Phi) is 6.61. The molecule has 0 radical (unpaired) electrons. The maximum absolute atomic E-state index is 12.6. The van der Waals surface area contributed by atoms with Gasteiger partial charge in [0, 0.05) is 23.0 Å². The number of ether oxygens (including phenoxy) is 2. The van der Waals surface area contributed by atoms with Gasteiger partial charge in [0.15, 0.2) is 26.5 Å². The second-order valence-electron chi connectivity index (χ2n) is 7.64. The van der Waals surface area contributed by atoms with Crippen LogP contribution < -0.4 is 20.1 Å². The topological polar surface area (TPSA) is 106 Å². The number of methoxy groups -OCH3 is 2. The molecular formula is C22H25N3O5S2. The van der Waals surface area contributed by atoms with E-state index in [0.717, 1.165) is 11.3 Å². The monoisotopic (exact) mass is 475 g/mol. The van der Waals surface area contributed by atoms with Crippen molar-refractivity contribution < 1.29 is 22.7 Å². The number of thioether (sulfide) groups is 1. The van der Waals surface area contributed by atoms with Gasteiger partial charge in [-0.05, 0) is 42.3 Å². The number of fused-ring (bicyclic) bond motifs is 1. The van der Waals surface area contributed by atoms with Crippen molar-refractivity contribution >= 4 is 38.4 Å². The number of hydrogen-bond donors (Lipinski definition) is 2. The SMILES string of the molecule is COc1ccc(CCNC(=O)c2cccc(NC3=N[C@H]4CS(=O)(=O)C[C@H]4S3)c2)cc1OC. The maximum Gasteiger partial charge on any atom is 0.251 e. The van der Waals surface area contributed by atoms with Gasteiger partial charge < -0.3 is 20.1 Å². The maximum atomic E-state index is 12.6. The second kappa shape index (κ2) is 9.41. The van der Waals surface area contributed by atoms with Gasteiger partial charge in [0.25, 0.3) is 5.91 Å². The molecule has 0 bridgehead atoms. The van der Waals surface area contributed by atoms with Crippen molar-refractivity contribution in [3.05, 3.63) is 53.6 Å². The number of amidine groups is 1. The molecule has 170 valence electrons. The molecule has 1 fully saturated rings. The number of benzene rings is 2. The normalized spacial score (nSPS) is 20.9. The molecule has 2 aromatic carbocycles. The van der Waals surface area contributed by atoms with Crippen molar-refractivity contribution in [1.82, 2.24) is 5.32 Å². The van der Waals surface area contributed by atoms with Crippen molar-refractivity contribution in [3.8, 4) is 11.5 Å². The van der Waals surface area contributed by atoms with Crippen molar-refractivity contribution in [2.45, 2.75) is 17.7 Å². The molecule has 10 heteroatoms.